The maximum Gasteiger partial charge on any atom is 0.237 e. The molecule has 2 rings (SSSR count). The van der Waals surface area contributed by atoms with E-state index in [1.165, 1.54) is 12.1 Å². The molecule has 0 aliphatic carbocycles. The fraction of sp³-hybridized carbons (Fsp3) is 0.316. The first-order chi connectivity index (χ1) is 11.4. The lowest BCUT2D eigenvalue weighted by atomic mass is 10.0. The van der Waals surface area contributed by atoms with Crippen molar-refractivity contribution in [2.24, 2.45) is 5.73 Å². The van der Waals surface area contributed by atoms with Gasteiger partial charge in [0, 0.05) is 6.54 Å². The van der Waals surface area contributed by atoms with Crippen LogP contribution in [-0.2, 0) is 17.8 Å². The van der Waals surface area contributed by atoms with Gasteiger partial charge in [0.1, 0.15) is 18.2 Å². The summed E-state index contributed by atoms with van der Waals surface area (Å²) in [4.78, 5) is 11.2. The number of carbonyl (C=O) groups excluding carboxylic acids is 1. The fourth-order valence-electron chi connectivity index (χ4n) is 2.15. The van der Waals surface area contributed by atoms with Crippen molar-refractivity contribution in [1.29, 1.82) is 0 Å². The molecule has 0 atom stereocenters. The van der Waals surface area contributed by atoms with Crippen molar-refractivity contribution < 1.29 is 13.9 Å². The number of nitrogens with one attached hydrogen (secondary N) is 1. The highest BCUT2D eigenvalue weighted by molar-refractivity contribution is 5.83. The first kappa shape index (κ1) is 17.9. The summed E-state index contributed by atoms with van der Waals surface area (Å²) in [6.45, 7) is 4.50. The van der Waals surface area contributed by atoms with Gasteiger partial charge in [-0.25, -0.2) is 4.39 Å². The lowest BCUT2D eigenvalue weighted by molar-refractivity contribution is -0.123. The minimum atomic E-state index is -0.714. The molecule has 0 bridgehead atoms. The van der Waals surface area contributed by atoms with E-state index in [0.717, 1.165) is 23.3 Å². The molecule has 2 aromatic rings. The second kappa shape index (κ2) is 7.93. The van der Waals surface area contributed by atoms with Crippen molar-refractivity contribution >= 4 is 5.91 Å². The summed E-state index contributed by atoms with van der Waals surface area (Å²) in [5.74, 6) is 0.0925. The molecule has 24 heavy (non-hydrogen) atoms. The summed E-state index contributed by atoms with van der Waals surface area (Å²) in [5, 5.41) is 3.13. The maximum absolute atomic E-state index is 13.1. The molecule has 2 aromatic carbocycles. The van der Waals surface area contributed by atoms with Gasteiger partial charge in [-0.1, -0.05) is 24.3 Å². The SMILES string of the molecule is CC(C)(NCCc1ccc(OCc2cccc(F)c2)cc1)C(N)=O. The number of primary amides is 1. The van der Waals surface area contributed by atoms with Crippen LogP contribution in [0.2, 0.25) is 0 Å². The van der Waals surface area contributed by atoms with Crippen molar-refractivity contribution in [1.82, 2.24) is 5.32 Å². The Morgan fingerprint density at radius 1 is 1.17 bits per heavy atom. The molecule has 0 aliphatic heterocycles. The predicted molar refractivity (Wildman–Crippen MR) is 92.2 cm³/mol. The lowest BCUT2D eigenvalue weighted by Gasteiger charge is -2.22. The number of rotatable bonds is 8. The normalized spacial score (nSPS) is 11.3. The Hall–Kier alpha value is -2.40. The van der Waals surface area contributed by atoms with E-state index in [4.69, 9.17) is 10.5 Å². The minimum Gasteiger partial charge on any atom is -0.489 e. The number of carbonyl (C=O) groups is 1. The quantitative estimate of drug-likeness (QED) is 0.782. The summed E-state index contributed by atoms with van der Waals surface area (Å²) < 4.78 is 18.8. The molecule has 0 spiro atoms. The average Bonchev–Trinajstić information content (AvgIpc) is 2.54. The number of ether oxygens (including phenoxy) is 1. The number of hydrogen-bond acceptors (Lipinski definition) is 3. The highest BCUT2D eigenvalue weighted by atomic mass is 19.1. The van der Waals surface area contributed by atoms with E-state index >= 15 is 0 Å². The Morgan fingerprint density at radius 2 is 1.88 bits per heavy atom. The molecule has 128 valence electrons. The summed E-state index contributed by atoms with van der Waals surface area (Å²) >= 11 is 0. The molecule has 0 heterocycles. The van der Waals surface area contributed by atoms with Gasteiger partial charge in [-0.15, -0.1) is 0 Å². The molecule has 1 amide bonds. The van der Waals surface area contributed by atoms with Crippen LogP contribution >= 0.6 is 0 Å². The molecule has 0 saturated carbocycles. The molecular weight excluding hydrogens is 307 g/mol. The van der Waals surface area contributed by atoms with Crippen LogP contribution in [0, 0.1) is 5.82 Å². The largest absolute Gasteiger partial charge is 0.489 e. The topological polar surface area (TPSA) is 64.3 Å². The van der Waals surface area contributed by atoms with Crippen molar-refractivity contribution in [3.8, 4) is 5.75 Å². The van der Waals surface area contributed by atoms with Crippen LogP contribution in [0.25, 0.3) is 0 Å². The molecule has 0 radical (unpaired) electrons. The van der Waals surface area contributed by atoms with Gasteiger partial charge in [0.05, 0.1) is 5.54 Å². The monoisotopic (exact) mass is 330 g/mol. The third kappa shape index (κ3) is 5.35. The van der Waals surface area contributed by atoms with Gasteiger partial charge < -0.3 is 15.8 Å². The fourth-order valence-corrected chi connectivity index (χ4v) is 2.15. The van der Waals surface area contributed by atoms with Crippen LogP contribution in [0.5, 0.6) is 5.75 Å². The van der Waals surface area contributed by atoms with Gasteiger partial charge in [0.15, 0.2) is 0 Å². The molecule has 5 heteroatoms. The third-order valence-corrected chi connectivity index (χ3v) is 3.81. The van der Waals surface area contributed by atoms with Gasteiger partial charge >= 0.3 is 0 Å². The highest BCUT2D eigenvalue weighted by Gasteiger charge is 2.23. The standard InChI is InChI=1S/C19H23FN2O2/c1-19(2,18(21)23)22-11-10-14-6-8-17(9-7-14)24-13-15-4-3-5-16(20)12-15/h3-9,12,22H,10-11,13H2,1-2H3,(H2,21,23). The highest BCUT2D eigenvalue weighted by Crippen LogP contribution is 2.15. The van der Waals surface area contributed by atoms with Crippen LogP contribution in [0.1, 0.15) is 25.0 Å². The number of halogens is 1. The van der Waals surface area contributed by atoms with Crippen LogP contribution < -0.4 is 15.8 Å². The first-order valence-electron chi connectivity index (χ1n) is 7.88. The van der Waals surface area contributed by atoms with E-state index in [1.807, 2.05) is 30.3 Å². The van der Waals surface area contributed by atoms with Crippen LogP contribution in [-0.4, -0.2) is 18.0 Å². The molecule has 0 unspecified atom stereocenters. The molecule has 4 nitrogen and oxygen atoms in total. The minimum absolute atomic E-state index is 0.266. The van der Waals surface area contributed by atoms with E-state index in [2.05, 4.69) is 5.32 Å². The van der Waals surface area contributed by atoms with Crippen LogP contribution in [0.4, 0.5) is 4.39 Å². The number of hydrogen-bond donors (Lipinski definition) is 2. The zero-order chi connectivity index (χ0) is 17.6. The maximum atomic E-state index is 13.1. The molecule has 0 aliphatic rings. The molecule has 0 fully saturated rings. The zero-order valence-electron chi connectivity index (χ0n) is 14.0. The van der Waals surface area contributed by atoms with Gasteiger partial charge in [0.2, 0.25) is 5.91 Å². The summed E-state index contributed by atoms with van der Waals surface area (Å²) in [5.41, 5.74) is 6.52. The predicted octanol–water partition coefficient (Wildman–Crippen LogP) is 2.80. The number of nitrogens with two attached hydrogens (primary N) is 1. The molecule has 0 aromatic heterocycles. The Labute approximate surface area is 141 Å². The molecule has 0 saturated heterocycles. The summed E-state index contributed by atoms with van der Waals surface area (Å²) in [6.07, 6.45) is 0.779. The average molecular weight is 330 g/mol. The van der Waals surface area contributed by atoms with Crippen molar-refractivity contribution in [3.63, 3.8) is 0 Å². The number of amides is 1. The Kier molecular flexibility index (Phi) is 5.93. The zero-order valence-corrected chi connectivity index (χ0v) is 14.0. The van der Waals surface area contributed by atoms with E-state index < -0.39 is 5.54 Å². The smallest absolute Gasteiger partial charge is 0.237 e. The van der Waals surface area contributed by atoms with Gasteiger partial charge in [-0.3, -0.25) is 4.79 Å². The van der Waals surface area contributed by atoms with E-state index in [0.29, 0.717) is 13.2 Å². The second-order valence-electron chi connectivity index (χ2n) is 6.23. The van der Waals surface area contributed by atoms with Crippen LogP contribution in [0.3, 0.4) is 0 Å². The second-order valence-corrected chi connectivity index (χ2v) is 6.23. The lowest BCUT2D eigenvalue weighted by Crippen LogP contribution is -2.51. The molecule has 3 N–H and O–H groups in total. The first-order valence-corrected chi connectivity index (χ1v) is 7.88. The van der Waals surface area contributed by atoms with Crippen LogP contribution in [0.15, 0.2) is 48.5 Å². The van der Waals surface area contributed by atoms with Crippen molar-refractivity contribution in [2.45, 2.75) is 32.4 Å². The molecular formula is C19H23FN2O2. The summed E-state index contributed by atoms with van der Waals surface area (Å²) in [6, 6.07) is 14.1. The van der Waals surface area contributed by atoms with E-state index in [1.54, 1.807) is 19.9 Å². The van der Waals surface area contributed by atoms with E-state index in [9.17, 15) is 9.18 Å². The van der Waals surface area contributed by atoms with Gasteiger partial charge in [-0.2, -0.15) is 0 Å². The Balaban J connectivity index is 1.81. The van der Waals surface area contributed by atoms with Crippen molar-refractivity contribution in [3.05, 3.63) is 65.5 Å². The summed E-state index contributed by atoms with van der Waals surface area (Å²) in [7, 11) is 0. The Bertz CT molecular complexity index is 684. The van der Waals surface area contributed by atoms with Gasteiger partial charge in [-0.05, 0) is 55.7 Å². The van der Waals surface area contributed by atoms with E-state index in [-0.39, 0.29) is 11.7 Å². The van der Waals surface area contributed by atoms with Gasteiger partial charge in [0.25, 0.3) is 0 Å². The third-order valence-electron chi connectivity index (χ3n) is 3.81. The number of benzene rings is 2. The Morgan fingerprint density at radius 3 is 2.50 bits per heavy atom. The van der Waals surface area contributed by atoms with Crippen molar-refractivity contribution in [2.75, 3.05) is 6.54 Å².